The van der Waals surface area contributed by atoms with Crippen molar-refractivity contribution < 1.29 is 12.8 Å². The van der Waals surface area contributed by atoms with Crippen molar-refractivity contribution in [3.63, 3.8) is 0 Å². The molecule has 0 aliphatic heterocycles. The van der Waals surface area contributed by atoms with Gasteiger partial charge in [-0.3, -0.25) is 0 Å². The Hall–Kier alpha value is -1.40. The largest absolute Gasteiger partial charge is 0.398 e. The van der Waals surface area contributed by atoms with Crippen molar-refractivity contribution in [3.05, 3.63) is 36.7 Å². The summed E-state index contributed by atoms with van der Waals surface area (Å²) < 4.78 is 38.5. The van der Waals surface area contributed by atoms with Gasteiger partial charge in [-0.05, 0) is 12.1 Å². The van der Waals surface area contributed by atoms with Crippen molar-refractivity contribution >= 4 is 15.7 Å². The van der Waals surface area contributed by atoms with Crippen molar-refractivity contribution in [2.45, 2.75) is 4.90 Å². The number of benzene rings is 1. The fourth-order valence-corrected chi connectivity index (χ4v) is 2.23. The van der Waals surface area contributed by atoms with Gasteiger partial charge in [-0.15, -0.1) is 6.58 Å². The van der Waals surface area contributed by atoms with Gasteiger partial charge in [0.2, 0.25) is 10.0 Å². The molecule has 1 rings (SSSR count). The zero-order valence-corrected chi connectivity index (χ0v) is 8.72. The number of nitrogen functional groups attached to an aromatic ring is 1. The number of nitrogens with one attached hydrogen (secondary N) is 1. The van der Waals surface area contributed by atoms with Gasteiger partial charge in [-0.2, -0.15) is 0 Å². The molecule has 0 heterocycles. The number of rotatable bonds is 4. The molecule has 15 heavy (non-hydrogen) atoms. The lowest BCUT2D eigenvalue weighted by Gasteiger charge is -2.08. The van der Waals surface area contributed by atoms with E-state index in [1.54, 1.807) is 0 Å². The van der Waals surface area contributed by atoms with E-state index in [2.05, 4.69) is 11.3 Å². The van der Waals surface area contributed by atoms with E-state index in [-0.39, 0.29) is 12.2 Å². The maximum absolute atomic E-state index is 13.2. The molecule has 1 aromatic carbocycles. The molecule has 0 radical (unpaired) electrons. The van der Waals surface area contributed by atoms with E-state index in [1.165, 1.54) is 18.2 Å². The Bertz CT molecular complexity index is 451. The third-order valence-corrected chi connectivity index (χ3v) is 3.20. The van der Waals surface area contributed by atoms with Crippen molar-refractivity contribution in [2.75, 3.05) is 12.3 Å². The summed E-state index contributed by atoms with van der Waals surface area (Å²) in [5.74, 6) is -0.869. The first-order chi connectivity index (χ1) is 6.99. The fraction of sp³-hybridized carbons (Fsp3) is 0.111. The highest BCUT2D eigenvalue weighted by atomic mass is 32.2. The molecule has 0 bridgehead atoms. The third kappa shape index (κ3) is 2.54. The van der Waals surface area contributed by atoms with E-state index >= 15 is 0 Å². The van der Waals surface area contributed by atoms with Gasteiger partial charge in [0, 0.05) is 6.54 Å². The van der Waals surface area contributed by atoms with Gasteiger partial charge < -0.3 is 5.73 Å². The van der Waals surface area contributed by atoms with Gasteiger partial charge in [0.15, 0.2) is 0 Å². The van der Waals surface area contributed by atoms with Gasteiger partial charge in [0.05, 0.1) is 5.69 Å². The summed E-state index contributed by atoms with van der Waals surface area (Å²) in [6.45, 7) is 3.37. The molecule has 0 saturated heterocycles. The molecule has 4 nitrogen and oxygen atoms in total. The lowest BCUT2D eigenvalue weighted by molar-refractivity contribution is 0.561. The average molecular weight is 230 g/mol. The minimum Gasteiger partial charge on any atom is -0.398 e. The molecular formula is C9H11FN2O2S. The van der Waals surface area contributed by atoms with Crippen LogP contribution in [0.5, 0.6) is 0 Å². The molecule has 0 spiro atoms. The first-order valence-corrected chi connectivity index (χ1v) is 5.62. The molecule has 3 N–H and O–H groups in total. The normalized spacial score (nSPS) is 11.3. The van der Waals surface area contributed by atoms with Crippen LogP contribution < -0.4 is 10.5 Å². The van der Waals surface area contributed by atoms with Crippen LogP contribution in [0.4, 0.5) is 10.1 Å². The van der Waals surface area contributed by atoms with Gasteiger partial charge >= 0.3 is 0 Å². The Balaban J connectivity index is 3.21. The van der Waals surface area contributed by atoms with Crippen LogP contribution in [0.25, 0.3) is 0 Å². The van der Waals surface area contributed by atoms with Gasteiger partial charge in [0.25, 0.3) is 0 Å². The Morgan fingerprint density at radius 3 is 2.73 bits per heavy atom. The Morgan fingerprint density at radius 1 is 1.53 bits per heavy atom. The number of nitrogens with two attached hydrogens (primary N) is 1. The second-order valence-electron chi connectivity index (χ2n) is 2.80. The summed E-state index contributed by atoms with van der Waals surface area (Å²) in [6.07, 6.45) is 1.36. The molecular weight excluding hydrogens is 219 g/mol. The minimum atomic E-state index is -3.91. The summed E-state index contributed by atoms with van der Waals surface area (Å²) in [5.41, 5.74) is 5.28. The van der Waals surface area contributed by atoms with Gasteiger partial charge in [0.1, 0.15) is 10.7 Å². The smallest absolute Gasteiger partial charge is 0.245 e. The van der Waals surface area contributed by atoms with Crippen LogP contribution >= 0.6 is 0 Å². The molecule has 0 atom stereocenters. The van der Waals surface area contributed by atoms with Crippen LogP contribution in [0.15, 0.2) is 35.7 Å². The van der Waals surface area contributed by atoms with E-state index in [1.807, 2.05) is 0 Å². The molecule has 6 heteroatoms. The van der Waals surface area contributed by atoms with E-state index < -0.39 is 20.7 Å². The number of hydrogen-bond acceptors (Lipinski definition) is 3. The summed E-state index contributed by atoms with van der Waals surface area (Å²) in [5, 5.41) is 0. The van der Waals surface area contributed by atoms with Crippen LogP contribution in [0.1, 0.15) is 0 Å². The van der Waals surface area contributed by atoms with E-state index in [9.17, 15) is 12.8 Å². The molecule has 0 saturated carbocycles. The number of sulfonamides is 1. The maximum atomic E-state index is 13.2. The maximum Gasteiger partial charge on any atom is 0.245 e. The summed E-state index contributed by atoms with van der Waals surface area (Å²) >= 11 is 0. The number of hydrogen-bond donors (Lipinski definition) is 2. The molecule has 0 amide bonds. The van der Waals surface area contributed by atoms with Crippen LogP contribution in [-0.4, -0.2) is 15.0 Å². The van der Waals surface area contributed by atoms with Crippen LogP contribution in [0.2, 0.25) is 0 Å². The third-order valence-electron chi connectivity index (χ3n) is 1.68. The highest BCUT2D eigenvalue weighted by Crippen LogP contribution is 2.20. The predicted octanol–water partition coefficient (Wildman–Crippen LogP) is 0.872. The standard InChI is InChI=1S/C9H11FN2O2S/c1-2-6-12-15(13,14)9-7(10)4-3-5-8(9)11/h2-5,12H,1,6,11H2. The van der Waals surface area contributed by atoms with E-state index in [4.69, 9.17) is 5.73 Å². The van der Waals surface area contributed by atoms with Gasteiger partial charge in [-0.1, -0.05) is 12.1 Å². The fourth-order valence-electron chi connectivity index (χ4n) is 1.05. The Kier molecular flexibility index (Phi) is 3.43. The summed E-state index contributed by atoms with van der Waals surface area (Å²) in [7, 11) is -3.91. The topological polar surface area (TPSA) is 72.2 Å². The van der Waals surface area contributed by atoms with Crippen molar-refractivity contribution in [2.24, 2.45) is 0 Å². The molecule has 0 aliphatic carbocycles. The zero-order valence-electron chi connectivity index (χ0n) is 7.90. The van der Waals surface area contributed by atoms with Gasteiger partial charge in [-0.25, -0.2) is 17.5 Å². The van der Waals surface area contributed by atoms with E-state index in [0.29, 0.717) is 0 Å². The first-order valence-electron chi connectivity index (χ1n) is 4.13. The monoisotopic (exact) mass is 230 g/mol. The van der Waals surface area contributed by atoms with Crippen LogP contribution in [-0.2, 0) is 10.0 Å². The van der Waals surface area contributed by atoms with Crippen LogP contribution in [0.3, 0.4) is 0 Å². The Labute approximate surface area is 87.7 Å². The number of anilines is 1. The predicted molar refractivity (Wildman–Crippen MR) is 56.2 cm³/mol. The molecule has 0 fully saturated rings. The lowest BCUT2D eigenvalue weighted by atomic mass is 10.3. The quantitative estimate of drug-likeness (QED) is 0.595. The highest BCUT2D eigenvalue weighted by Gasteiger charge is 2.20. The zero-order chi connectivity index (χ0) is 11.5. The second-order valence-corrected chi connectivity index (χ2v) is 4.50. The molecule has 82 valence electrons. The van der Waals surface area contributed by atoms with Crippen molar-refractivity contribution in [3.8, 4) is 0 Å². The first kappa shape index (κ1) is 11.7. The summed E-state index contributed by atoms with van der Waals surface area (Å²) in [6, 6.07) is 3.71. The molecule has 0 unspecified atom stereocenters. The summed E-state index contributed by atoms with van der Waals surface area (Å²) in [4.78, 5) is -0.521. The second kappa shape index (κ2) is 4.41. The molecule has 0 aliphatic rings. The SMILES string of the molecule is C=CCNS(=O)(=O)c1c(N)cccc1F. The van der Waals surface area contributed by atoms with Crippen LogP contribution in [0, 0.1) is 5.82 Å². The van der Waals surface area contributed by atoms with E-state index in [0.717, 1.165) is 6.07 Å². The lowest BCUT2D eigenvalue weighted by Crippen LogP contribution is -2.25. The average Bonchev–Trinajstić information content (AvgIpc) is 2.14. The van der Waals surface area contributed by atoms with Crippen molar-refractivity contribution in [1.29, 1.82) is 0 Å². The minimum absolute atomic E-state index is 0.0239. The highest BCUT2D eigenvalue weighted by molar-refractivity contribution is 7.89. The molecule has 0 aromatic heterocycles. The molecule has 1 aromatic rings. The van der Waals surface area contributed by atoms with Crippen molar-refractivity contribution in [1.82, 2.24) is 4.72 Å². The Morgan fingerprint density at radius 2 is 2.20 bits per heavy atom. The number of halogens is 1.